The molecule has 0 aromatic carbocycles. The molecule has 4 aliphatic rings. The molecule has 0 aromatic rings. The van der Waals surface area contributed by atoms with Crippen LogP contribution >= 0.6 is 0 Å². The summed E-state index contributed by atoms with van der Waals surface area (Å²) in [5.41, 5.74) is -6.18. The Kier molecular flexibility index (Phi) is 5.62. The number of allylic oxidation sites excluding steroid dienone is 4. The van der Waals surface area contributed by atoms with Gasteiger partial charge in [-0.2, -0.15) is 0 Å². The maximum Gasteiger partial charge on any atom is 0.311 e. The second kappa shape index (κ2) is 7.57. The Morgan fingerprint density at radius 1 is 1.24 bits per heavy atom. The highest BCUT2D eigenvalue weighted by Crippen LogP contribution is 2.70. The Labute approximate surface area is 200 Å². The summed E-state index contributed by atoms with van der Waals surface area (Å²) in [5, 5.41) is 23.2. The van der Waals surface area contributed by atoms with Crippen LogP contribution in [0.4, 0.5) is 4.39 Å². The molecule has 34 heavy (non-hydrogen) atoms. The molecule has 0 aromatic heterocycles. The largest absolute Gasteiger partial charge is 0.457 e. The lowest BCUT2D eigenvalue weighted by Gasteiger charge is -2.62. The van der Waals surface area contributed by atoms with E-state index in [-0.39, 0.29) is 18.1 Å². The summed E-state index contributed by atoms with van der Waals surface area (Å²) in [7, 11) is 0. The van der Waals surface area contributed by atoms with Crippen molar-refractivity contribution in [1.82, 2.24) is 0 Å². The van der Waals surface area contributed by atoms with Crippen molar-refractivity contribution in [2.45, 2.75) is 84.6 Å². The molecule has 3 saturated carbocycles. The molecule has 0 spiro atoms. The number of ketones is 2. The molecular formula is C27H37FO6. The van der Waals surface area contributed by atoms with E-state index in [1.807, 2.05) is 0 Å². The molecule has 2 N–H and O–H groups in total. The summed E-state index contributed by atoms with van der Waals surface area (Å²) in [6, 6.07) is 0. The summed E-state index contributed by atoms with van der Waals surface area (Å²) in [6.07, 6.45) is 4.27. The van der Waals surface area contributed by atoms with Crippen LogP contribution in [-0.2, 0) is 19.1 Å². The Morgan fingerprint density at radius 3 is 2.50 bits per heavy atom. The minimum absolute atomic E-state index is 0.102. The molecule has 1 unspecified atom stereocenters. The van der Waals surface area contributed by atoms with Crippen molar-refractivity contribution in [1.29, 1.82) is 0 Å². The lowest BCUT2D eigenvalue weighted by Crippen LogP contribution is -2.69. The number of carbonyl (C=O) groups is 3. The predicted octanol–water partition coefficient (Wildman–Crippen LogP) is 3.49. The summed E-state index contributed by atoms with van der Waals surface area (Å²) >= 11 is 0. The van der Waals surface area contributed by atoms with Crippen LogP contribution in [-0.4, -0.2) is 51.7 Å². The van der Waals surface area contributed by atoms with E-state index in [2.05, 4.69) is 0 Å². The topological polar surface area (TPSA) is 101 Å². The number of halogens is 1. The first-order chi connectivity index (χ1) is 15.5. The minimum atomic E-state index is -2.02. The molecule has 7 heteroatoms. The fourth-order valence-electron chi connectivity index (χ4n) is 7.60. The summed E-state index contributed by atoms with van der Waals surface area (Å²) in [4.78, 5) is 37.6. The van der Waals surface area contributed by atoms with E-state index < -0.39 is 63.8 Å². The lowest BCUT2D eigenvalue weighted by atomic mass is 9.44. The molecule has 0 bridgehead atoms. The number of carbonyl (C=O) groups excluding carboxylic acids is 3. The highest BCUT2D eigenvalue weighted by Gasteiger charge is 2.75. The second-order valence-corrected chi connectivity index (χ2v) is 12.4. The zero-order valence-corrected chi connectivity index (χ0v) is 21.0. The van der Waals surface area contributed by atoms with E-state index in [1.165, 1.54) is 12.2 Å². The third kappa shape index (κ3) is 3.08. The van der Waals surface area contributed by atoms with Gasteiger partial charge in [0.2, 0.25) is 5.78 Å². The zero-order chi connectivity index (χ0) is 25.5. The highest BCUT2D eigenvalue weighted by atomic mass is 19.1. The number of alkyl halides is 1. The number of hydrogen-bond acceptors (Lipinski definition) is 6. The molecule has 188 valence electrons. The highest BCUT2D eigenvalue weighted by molar-refractivity contribution is 6.01. The molecule has 0 radical (unpaired) electrons. The maximum atomic E-state index is 17.1. The van der Waals surface area contributed by atoms with E-state index >= 15 is 4.39 Å². The van der Waals surface area contributed by atoms with Crippen molar-refractivity contribution in [3.8, 4) is 0 Å². The summed E-state index contributed by atoms with van der Waals surface area (Å²) in [6.45, 7) is 9.76. The minimum Gasteiger partial charge on any atom is -0.457 e. The summed E-state index contributed by atoms with van der Waals surface area (Å²) < 4.78 is 22.4. The maximum absolute atomic E-state index is 17.1. The third-order valence-electron chi connectivity index (χ3n) is 9.59. The van der Waals surface area contributed by atoms with Crippen LogP contribution in [0, 0.1) is 34.0 Å². The van der Waals surface area contributed by atoms with Crippen molar-refractivity contribution in [3.05, 3.63) is 23.8 Å². The fourth-order valence-corrected chi connectivity index (χ4v) is 7.60. The van der Waals surface area contributed by atoms with Crippen LogP contribution in [0.3, 0.4) is 0 Å². The van der Waals surface area contributed by atoms with Crippen molar-refractivity contribution in [3.63, 3.8) is 0 Å². The third-order valence-corrected chi connectivity index (χ3v) is 9.59. The normalized spacial score (nSPS) is 45.7. The number of aliphatic hydroxyl groups is 2. The van der Waals surface area contributed by atoms with Crippen LogP contribution < -0.4 is 0 Å². The Bertz CT molecular complexity index is 994. The van der Waals surface area contributed by atoms with Gasteiger partial charge in [0.25, 0.3) is 0 Å². The fraction of sp³-hybridized carbons (Fsp3) is 0.741. The summed E-state index contributed by atoms with van der Waals surface area (Å²) in [5.74, 6) is -2.77. The van der Waals surface area contributed by atoms with Gasteiger partial charge in [-0.25, -0.2) is 4.39 Å². The van der Waals surface area contributed by atoms with Gasteiger partial charge in [0.05, 0.1) is 11.5 Å². The van der Waals surface area contributed by atoms with Crippen molar-refractivity contribution in [2.24, 2.45) is 34.0 Å². The monoisotopic (exact) mass is 476 g/mol. The standard InChI is InChI=1S/C27H37FO6/c1-15-11-19-18-8-7-16-12-17(29)9-10-24(16,5)26(18,28)20(30)13-25(19,6)27(15,33)21(31)14-34-22(32)23(2,3)4/h9-10,12,15,18-20,30,33H,7-8,11,13-14H2,1-6H3/t15-,18-,19-,20-,24-,25-,26?,27-/m0/s1. The average Bonchev–Trinajstić information content (AvgIpc) is 2.94. The van der Waals surface area contributed by atoms with Crippen molar-refractivity contribution < 1.29 is 33.7 Å². The van der Waals surface area contributed by atoms with Gasteiger partial charge in [0.1, 0.15) is 5.60 Å². The van der Waals surface area contributed by atoms with Crippen LogP contribution in [0.1, 0.15) is 67.2 Å². The van der Waals surface area contributed by atoms with Gasteiger partial charge in [-0.05, 0) is 77.4 Å². The van der Waals surface area contributed by atoms with Crippen molar-refractivity contribution >= 4 is 17.5 Å². The molecule has 4 aliphatic carbocycles. The van der Waals surface area contributed by atoms with E-state index in [4.69, 9.17) is 4.74 Å². The predicted molar refractivity (Wildman–Crippen MR) is 123 cm³/mol. The number of hydrogen-bond donors (Lipinski definition) is 2. The SMILES string of the molecule is C[C@H]1C[C@H]2[C@@H]3CCC4=CC(=O)C=C[C@]4(C)C3(F)[C@@H](O)C[C@]2(C)[C@@]1(O)C(=O)COC(=O)C(C)(C)C. The first-order valence-corrected chi connectivity index (χ1v) is 12.3. The Balaban J connectivity index is 1.69. The van der Waals surface area contributed by atoms with Gasteiger partial charge in [0, 0.05) is 16.7 Å². The molecule has 0 saturated heterocycles. The molecule has 6 nitrogen and oxygen atoms in total. The second-order valence-electron chi connectivity index (χ2n) is 12.4. The van der Waals surface area contributed by atoms with Crippen molar-refractivity contribution in [2.75, 3.05) is 6.61 Å². The number of rotatable bonds is 3. The molecular weight excluding hydrogens is 439 g/mol. The number of esters is 1. The quantitative estimate of drug-likeness (QED) is 0.605. The van der Waals surface area contributed by atoms with Gasteiger partial charge in [-0.1, -0.05) is 25.5 Å². The molecule has 0 amide bonds. The van der Waals surface area contributed by atoms with E-state index in [0.717, 1.165) is 0 Å². The van der Waals surface area contributed by atoms with E-state index in [9.17, 15) is 24.6 Å². The number of ether oxygens (including phenoxy) is 1. The van der Waals surface area contributed by atoms with Gasteiger partial charge in [-0.15, -0.1) is 0 Å². The molecule has 0 heterocycles. The van der Waals surface area contributed by atoms with Gasteiger partial charge in [-0.3, -0.25) is 14.4 Å². The lowest BCUT2D eigenvalue weighted by molar-refractivity contribution is -0.220. The number of aliphatic hydroxyl groups excluding tert-OH is 1. The number of Topliss-reactive ketones (excluding diaryl/α,β-unsaturated/α-hetero) is 1. The first-order valence-electron chi connectivity index (χ1n) is 12.3. The molecule has 3 fully saturated rings. The first kappa shape index (κ1) is 25.2. The number of fused-ring (bicyclic) bond motifs is 5. The average molecular weight is 477 g/mol. The molecule has 4 rings (SSSR count). The molecule has 8 atom stereocenters. The zero-order valence-electron chi connectivity index (χ0n) is 21.0. The molecule has 0 aliphatic heterocycles. The van der Waals surface area contributed by atoms with Crippen LogP contribution in [0.5, 0.6) is 0 Å². The van der Waals surface area contributed by atoms with E-state index in [1.54, 1.807) is 47.6 Å². The smallest absolute Gasteiger partial charge is 0.311 e. The Morgan fingerprint density at radius 2 is 1.88 bits per heavy atom. The Hall–Kier alpha value is -1.86. The van der Waals surface area contributed by atoms with Gasteiger partial charge < -0.3 is 14.9 Å². The van der Waals surface area contributed by atoms with Crippen LogP contribution in [0.25, 0.3) is 0 Å². The van der Waals surface area contributed by atoms with E-state index in [0.29, 0.717) is 24.8 Å². The van der Waals surface area contributed by atoms with Crippen LogP contribution in [0.15, 0.2) is 23.8 Å². The van der Waals surface area contributed by atoms with Gasteiger partial charge >= 0.3 is 5.97 Å². The van der Waals surface area contributed by atoms with Crippen LogP contribution in [0.2, 0.25) is 0 Å². The van der Waals surface area contributed by atoms with Gasteiger partial charge in [0.15, 0.2) is 18.1 Å².